The molecule has 1 aliphatic rings. The van der Waals surface area contributed by atoms with Gasteiger partial charge in [-0.1, -0.05) is 17.7 Å². The van der Waals surface area contributed by atoms with Gasteiger partial charge in [-0.25, -0.2) is 0 Å². The number of aromatic hydroxyl groups is 1. The number of hydrogen-bond donors (Lipinski definition) is 1. The van der Waals surface area contributed by atoms with Crippen molar-refractivity contribution in [1.29, 1.82) is 0 Å². The van der Waals surface area contributed by atoms with Gasteiger partial charge in [0.05, 0.1) is 19.1 Å². The number of carbonyl (C=O) groups excluding carboxylic acids is 1. The van der Waals surface area contributed by atoms with Crippen LogP contribution in [-0.2, 0) is 0 Å². The third-order valence-electron chi connectivity index (χ3n) is 3.65. The molecule has 0 aromatic heterocycles. The molecule has 0 radical (unpaired) electrons. The van der Waals surface area contributed by atoms with Gasteiger partial charge in [-0.3, -0.25) is 4.79 Å². The average Bonchev–Trinajstić information content (AvgIpc) is 2.47. The predicted molar refractivity (Wildman–Crippen MR) is 78.2 cm³/mol. The van der Waals surface area contributed by atoms with Crippen LogP contribution in [0.2, 0.25) is 0 Å². The second kappa shape index (κ2) is 5.13. The smallest absolute Gasteiger partial charge is 0.170 e. The van der Waals surface area contributed by atoms with E-state index in [0.29, 0.717) is 17.1 Å². The van der Waals surface area contributed by atoms with Crippen LogP contribution in [0.3, 0.4) is 0 Å². The van der Waals surface area contributed by atoms with Gasteiger partial charge in [-0.2, -0.15) is 0 Å². The van der Waals surface area contributed by atoms with E-state index in [1.807, 2.05) is 25.1 Å². The van der Waals surface area contributed by atoms with Crippen LogP contribution in [0.25, 0.3) is 0 Å². The largest absolute Gasteiger partial charge is 0.504 e. The molecule has 21 heavy (non-hydrogen) atoms. The van der Waals surface area contributed by atoms with Crippen molar-refractivity contribution < 1.29 is 19.4 Å². The number of fused-ring (bicyclic) bond motifs is 1. The fraction of sp³-hybridized carbons (Fsp3) is 0.235. The Morgan fingerprint density at radius 1 is 1.24 bits per heavy atom. The number of ether oxygens (including phenoxy) is 2. The molecule has 3 rings (SSSR count). The molecular formula is C17H16O4. The number of carbonyl (C=O) groups is 1. The molecule has 4 heteroatoms. The van der Waals surface area contributed by atoms with Gasteiger partial charge in [-0.05, 0) is 36.8 Å². The molecule has 0 fully saturated rings. The summed E-state index contributed by atoms with van der Waals surface area (Å²) in [5.74, 6) is 1.09. The third-order valence-corrected chi connectivity index (χ3v) is 3.65. The Morgan fingerprint density at radius 2 is 2.05 bits per heavy atom. The maximum absolute atomic E-state index is 12.3. The predicted octanol–water partition coefficient (Wildman–Crippen LogP) is 3.42. The van der Waals surface area contributed by atoms with Gasteiger partial charge < -0.3 is 14.6 Å². The first kappa shape index (κ1) is 13.5. The van der Waals surface area contributed by atoms with Crippen LogP contribution in [-0.4, -0.2) is 18.0 Å². The molecule has 0 aliphatic carbocycles. The summed E-state index contributed by atoms with van der Waals surface area (Å²) in [4.78, 5) is 12.3. The highest BCUT2D eigenvalue weighted by Gasteiger charge is 2.28. The number of benzene rings is 2. The molecule has 2 aromatic carbocycles. The molecule has 0 saturated carbocycles. The van der Waals surface area contributed by atoms with E-state index >= 15 is 0 Å². The van der Waals surface area contributed by atoms with E-state index < -0.39 is 0 Å². The Balaban J connectivity index is 1.94. The van der Waals surface area contributed by atoms with Crippen molar-refractivity contribution in [3.05, 3.63) is 53.1 Å². The molecule has 1 atom stereocenters. The van der Waals surface area contributed by atoms with Crippen LogP contribution in [0.1, 0.15) is 34.0 Å². The fourth-order valence-electron chi connectivity index (χ4n) is 2.53. The maximum Gasteiger partial charge on any atom is 0.170 e. The lowest BCUT2D eigenvalue weighted by molar-refractivity contribution is 0.0849. The Hall–Kier alpha value is -2.49. The standard InChI is InChI=1S/C17H16O4/c1-10-3-5-15-12(7-10)13(18)9-17(21-15)11-4-6-16(20-2)14(19)8-11/h3-8,17,19H,9H2,1-2H3. The van der Waals surface area contributed by atoms with Gasteiger partial charge in [0.1, 0.15) is 11.9 Å². The number of aryl methyl sites for hydroxylation is 1. The van der Waals surface area contributed by atoms with E-state index in [1.54, 1.807) is 18.2 Å². The molecule has 0 bridgehead atoms. The molecule has 1 heterocycles. The fourth-order valence-corrected chi connectivity index (χ4v) is 2.53. The van der Waals surface area contributed by atoms with Gasteiger partial charge in [0.15, 0.2) is 17.3 Å². The number of phenolic OH excluding ortho intramolecular Hbond substituents is 1. The van der Waals surface area contributed by atoms with Crippen LogP contribution in [0.4, 0.5) is 0 Å². The summed E-state index contributed by atoms with van der Waals surface area (Å²) in [5.41, 5.74) is 2.42. The van der Waals surface area contributed by atoms with E-state index in [9.17, 15) is 9.90 Å². The Morgan fingerprint density at radius 3 is 2.76 bits per heavy atom. The minimum absolute atomic E-state index is 0.0424. The number of Topliss-reactive ketones (excluding diaryl/α,β-unsaturated/α-hetero) is 1. The van der Waals surface area contributed by atoms with E-state index in [-0.39, 0.29) is 24.1 Å². The van der Waals surface area contributed by atoms with E-state index in [1.165, 1.54) is 7.11 Å². The van der Waals surface area contributed by atoms with Crippen LogP contribution in [0.15, 0.2) is 36.4 Å². The minimum Gasteiger partial charge on any atom is -0.504 e. The normalized spacial score (nSPS) is 17.0. The van der Waals surface area contributed by atoms with Crippen molar-refractivity contribution in [3.8, 4) is 17.2 Å². The highest BCUT2D eigenvalue weighted by atomic mass is 16.5. The number of methoxy groups -OCH3 is 1. The molecule has 0 spiro atoms. The Kier molecular flexibility index (Phi) is 3.29. The molecule has 2 aromatic rings. The maximum atomic E-state index is 12.3. The first-order valence-corrected chi connectivity index (χ1v) is 6.76. The van der Waals surface area contributed by atoms with Crippen molar-refractivity contribution in [3.63, 3.8) is 0 Å². The minimum atomic E-state index is -0.385. The first-order valence-electron chi connectivity index (χ1n) is 6.76. The second-order valence-electron chi connectivity index (χ2n) is 5.16. The zero-order valence-corrected chi connectivity index (χ0v) is 11.9. The van der Waals surface area contributed by atoms with Gasteiger partial charge >= 0.3 is 0 Å². The average molecular weight is 284 g/mol. The van der Waals surface area contributed by atoms with Crippen molar-refractivity contribution in [2.75, 3.05) is 7.11 Å². The highest BCUT2D eigenvalue weighted by Crippen LogP contribution is 2.37. The van der Waals surface area contributed by atoms with Crippen LogP contribution >= 0.6 is 0 Å². The summed E-state index contributed by atoms with van der Waals surface area (Å²) in [7, 11) is 1.49. The summed E-state index contributed by atoms with van der Waals surface area (Å²) in [6.07, 6.45) is -0.119. The van der Waals surface area contributed by atoms with Crippen molar-refractivity contribution in [2.45, 2.75) is 19.4 Å². The van der Waals surface area contributed by atoms with Crippen molar-refractivity contribution >= 4 is 5.78 Å². The molecule has 0 amide bonds. The first-order chi connectivity index (χ1) is 10.1. The molecule has 108 valence electrons. The van der Waals surface area contributed by atoms with Crippen molar-refractivity contribution in [2.24, 2.45) is 0 Å². The number of rotatable bonds is 2. The summed E-state index contributed by atoms with van der Waals surface area (Å²) < 4.78 is 10.9. The number of ketones is 1. The summed E-state index contributed by atoms with van der Waals surface area (Å²) in [5, 5.41) is 9.85. The Bertz CT molecular complexity index is 706. The highest BCUT2D eigenvalue weighted by molar-refractivity contribution is 6.00. The quantitative estimate of drug-likeness (QED) is 0.918. The lowest BCUT2D eigenvalue weighted by Gasteiger charge is -2.26. The van der Waals surface area contributed by atoms with Gasteiger partial charge in [0, 0.05) is 0 Å². The summed E-state index contributed by atoms with van der Waals surface area (Å²) in [6.45, 7) is 1.95. The van der Waals surface area contributed by atoms with Crippen LogP contribution in [0, 0.1) is 6.92 Å². The van der Waals surface area contributed by atoms with E-state index in [2.05, 4.69) is 0 Å². The van der Waals surface area contributed by atoms with E-state index in [4.69, 9.17) is 9.47 Å². The lowest BCUT2D eigenvalue weighted by Crippen LogP contribution is -2.20. The second-order valence-corrected chi connectivity index (χ2v) is 5.16. The zero-order chi connectivity index (χ0) is 15.0. The molecule has 1 N–H and O–H groups in total. The van der Waals surface area contributed by atoms with Gasteiger partial charge in [0.2, 0.25) is 0 Å². The molecular weight excluding hydrogens is 268 g/mol. The monoisotopic (exact) mass is 284 g/mol. The third kappa shape index (κ3) is 2.44. The Labute approximate surface area is 122 Å². The molecule has 4 nitrogen and oxygen atoms in total. The number of phenols is 1. The van der Waals surface area contributed by atoms with Crippen molar-refractivity contribution in [1.82, 2.24) is 0 Å². The SMILES string of the molecule is COc1ccc(C2CC(=O)c3cc(C)ccc3O2)cc1O. The lowest BCUT2D eigenvalue weighted by atomic mass is 9.95. The summed E-state index contributed by atoms with van der Waals surface area (Å²) >= 11 is 0. The van der Waals surface area contributed by atoms with Gasteiger partial charge in [0.25, 0.3) is 0 Å². The van der Waals surface area contributed by atoms with Crippen LogP contribution in [0.5, 0.6) is 17.2 Å². The molecule has 1 unspecified atom stereocenters. The topological polar surface area (TPSA) is 55.8 Å². The zero-order valence-electron chi connectivity index (χ0n) is 11.9. The summed E-state index contributed by atoms with van der Waals surface area (Å²) in [6, 6.07) is 10.6. The van der Waals surface area contributed by atoms with Crippen LogP contribution < -0.4 is 9.47 Å². The molecule has 1 aliphatic heterocycles. The molecule has 0 saturated heterocycles. The van der Waals surface area contributed by atoms with Gasteiger partial charge in [-0.15, -0.1) is 0 Å². The number of hydrogen-bond acceptors (Lipinski definition) is 4. The van der Waals surface area contributed by atoms with E-state index in [0.717, 1.165) is 11.1 Å².